The second-order valence-corrected chi connectivity index (χ2v) is 4.34. The zero-order valence-electron chi connectivity index (χ0n) is 8.95. The lowest BCUT2D eigenvalue weighted by Gasteiger charge is -2.07. The predicted octanol–water partition coefficient (Wildman–Crippen LogP) is 2.43. The molecule has 88 valence electrons. The highest BCUT2D eigenvalue weighted by Gasteiger charge is 2.06. The zero-order valence-corrected chi connectivity index (χ0v) is 10.5. The summed E-state index contributed by atoms with van der Waals surface area (Å²) < 4.78 is 15.4. The molecule has 0 amide bonds. The molecular formula is C11H9BrFN3O. The van der Waals surface area contributed by atoms with Crippen molar-refractivity contribution in [2.45, 2.75) is 0 Å². The van der Waals surface area contributed by atoms with Gasteiger partial charge < -0.3 is 5.32 Å². The van der Waals surface area contributed by atoms with Crippen molar-refractivity contribution < 1.29 is 4.39 Å². The topological polar surface area (TPSA) is 46.9 Å². The van der Waals surface area contributed by atoms with E-state index in [0.29, 0.717) is 4.47 Å². The van der Waals surface area contributed by atoms with E-state index in [4.69, 9.17) is 0 Å². The van der Waals surface area contributed by atoms with Crippen LogP contribution in [0.3, 0.4) is 0 Å². The summed E-state index contributed by atoms with van der Waals surface area (Å²) in [5, 5.41) is 6.52. The Morgan fingerprint density at radius 1 is 1.35 bits per heavy atom. The first-order valence-corrected chi connectivity index (χ1v) is 5.61. The highest BCUT2D eigenvalue weighted by atomic mass is 79.9. The lowest BCUT2D eigenvalue weighted by molar-refractivity contribution is 0.630. The second kappa shape index (κ2) is 4.67. The van der Waals surface area contributed by atoms with Crippen LogP contribution in [0.4, 0.5) is 15.8 Å². The van der Waals surface area contributed by atoms with Gasteiger partial charge >= 0.3 is 0 Å². The summed E-state index contributed by atoms with van der Waals surface area (Å²) in [6, 6.07) is 6.08. The molecule has 0 aliphatic heterocycles. The Balaban J connectivity index is 2.38. The number of halogens is 2. The monoisotopic (exact) mass is 297 g/mol. The van der Waals surface area contributed by atoms with Gasteiger partial charge in [-0.25, -0.2) is 9.07 Å². The molecule has 1 heterocycles. The normalized spacial score (nSPS) is 10.3. The predicted molar refractivity (Wildman–Crippen MR) is 66.9 cm³/mol. The Kier molecular flexibility index (Phi) is 3.23. The van der Waals surface area contributed by atoms with Crippen LogP contribution >= 0.6 is 15.9 Å². The molecule has 6 heteroatoms. The van der Waals surface area contributed by atoms with Crippen LogP contribution in [0.2, 0.25) is 0 Å². The van der Waals surface area contributed by atoms with E-state index in [1.54, 1.807) is 12.1 Å². The molecule has 1 N–H and O–H groups in total. The third-order valence-electron chi connectivity index (χ3n) is 2.21. The van der Waals surface area contributed by atoms with Gasteiger partial charge in [0, 0.05) is 17.7 Å². The van der Waals surface area contributed by atoms with Crippen molar-refractivity contribution in [2.24, 2.45) is 7.05 Å². The Morgan fingerprint density at radius 2 is 2.12 bits per heavy atom. The maximum absolute atomic E-state index is 13.6. The number of benzene rings is 1. The molecule has 0 unspecified atom stereocenters. The SMILES string of the molecule is Cn1nccc(Nc2ccc(Br)cc2F)c1=O. The summed E-state index contributed by atoms with van der Waals surface area (Å²) in [7, 11) is 1.53. The minimum atomic E-state index is -0.432. The van der Waals surface area contributed by atoms with E-state index < -0.39 is 5.82 Å². The number of hydrogen-bond donors (Lipinski definition) is 1. The van der Waals surface area contributed by atoms with Gasteiger partial charge in [-0.2, -0.15) is 5.10 Å². The third kappa shape index (κ3) is 2.52. The van der Waals surface area contributed by atoms with Crippen LogP contribution < -0.4 is 10.9 Å². The van der Waals surface area contributed by atoms with Crippen LogP contribution in [0.1, 0.15) is 0 Å². The van der Waals surface area contributed by atoms with Gasteiger partial charge in [-0.05, 0) is 24.3 Å². The molecule has 0 fully saturated rings. The van der Waals surface area contributed by atoms with E-state index in [1.165, 1.54) is 30.1 Å². The molecular weight excluding hydrogens is 289 g/mol. The Morgan fingerprint density at radius 3 is 2.82 bits per heavy atom. The quantitative estimate of drug-likeness (QED) is 0.926. The highest BCUT2D eigenvalue weighted by Crippen LogP contribution is 2.21. The first-order chi connectivity index (χ1) is 8.08. The summed E-state index contributed by atoms with van der Waals surface area (Å²) in [5.41, 5.74) is 0.218. The van der Waals surface area contributed by atoms with Crippen molar-refractivity contribution >= 4 is 27.3 Å². The van der Waals surface area contributed by atoms with Crippen LogP contribution in [-0.4, -0.2) is 9.78 Å². The van der Waals surface area contributed by atoms with E-state index in [9.17, 15) is 9.18 Å². The Hall–Kier alpha value is -1.69. The summed E-state index contributed by atoms with van der Waals surface area (Å²) >= 11 is 3.16. The number of nitrogens with zero attached hydrogens (tertiary/aromatic N) is 2. The number of anilines is 2. The van der Waals surface area contributed by atoms with Crippen molar-refractivity contribution in [3.63, 3.8) is 0 Å². The van der Waals surface area contributed by atoms with Crippen LogP contribution in [0.15, 0.2) is 39.7 Å². The molecule has 0 spiro atoms. The van der Waals surface area contributed by atoms with Crippen LogP contribution in [0, 0.1) is 5.82 Å². The number of aromatic nitrogens is 2. The molecule has 2 aromatic rings. The van der Waals surface area contributed by atoms with Crippen molar-refractivity contribution in [2.75, 3.05) is 5.32 Å². The lowest BCUT2D eigenvalue weighted by atomic mass is 10.3. The van der Waals surface area contributed by atoms with Crippen LogP contribution in [0.25, 0.3) is 0 Å². The zero-order chi connectivity index (χ0) is 12.4. The fourth-order valence-electron chi connectivity index (χ4n) is 1.34. The van der Waals surface area contributed by atoms with E-state index in [1.807, 2.05) is 0 Å². The maximum Gasteiger partial charge on any atom is 0.290 e. The lowest BCUT2D eigenvalue weighted by Crippen LogP contribution is -2.21. The van der Waals surface area contributed by atoms with Gasteiger partial charge in [0.05, 0.1) is 5.69 Å². The molecule has 0 aliphatic carbocycles. The molecule has 0 atom stereocenters. The number of aryl methyl sites for hydroxylation is 1. The fraction of sp³-hybridized carbons (Fsp3) is 0.0909. The molecule has 0 saturated heterocycles. The molecule has 1 aromatic carbocycles. The first kappa shape index (κ1) is 11.8. The molecule has 2 rings (SSSR count). The molecule has 4 nitrogen and oxygen atoms in total. The van der Waals surface area contributed by atoms with Crippen LogP contribution in [-0.2, 0) is 7.05 Å². The van der Waals surface area contributed by atoms with E-state index in [-0.39, 0.29) is 16.9 Å². The van der Waals surface area contributed by atoms with Gasteiger partial charge in [0.25, 0.3) is 5.56 Å². The minimum Gasteiger partial charge on any atom is -0.349 e. The Bertz CT molecular complexity index is 612. The smallest absolute Gasteiger partial charge is 0.290 e. The number of nitrogens with one attached hydrogen (secondary N) is 1. The van der Waals surface area contributed by atoms with Crippen molar-refractivity contribution in [1.82, 2.24) is 9.78 Å². The standard InChI is InChI=1S/C11H9BrFN3O/c1-16-11(17)10(4-5-14-16)15-9-3-2-7(12)6-8(9)13/h2-6,15H,1H3. The van der Waals surface area contributed by atoms with Gasteiger partial charge in [-0.1, -0.05) is 15.9 Å². The molecule has 0 radical (unpaired) electrons. The van der Waals surface area contributed by atoms with Crippen LogP contribution in [0.5, 0.6) is 0 Å². The number of hydrogen-bond acceptors (Lipinski definition) is 3. The van der Waals surface area contributed by atoms with Gasteiger partial charge in [0.2, 0.25) is 0 Å². The molecule has 0 aliphatic rings. The summed E-state index contributed by atoms with van der Waals surface area (Å²) in [6.45, 7) is 0. The van der Waals surface area contributed by atoms with E-state index in [2.05, 4.69) is 26.3 Å². The average Bonchev–Trinajstić information content (AvgIpc) is 2.28. The van der Waals surface area contributed by atoms with Crippen molar-refractivity contribution in [3.05, 3.63) is 51.1 Å². The second-order valence-electron chi connectivity index (χ2n) is 3.42. The molecule has 1 aromatic heterocycles. The summed E-state index contributed by atoms with van der Waals surface area (Å²) in [5.74, 6) is -0.432. The van der Waals surface area contributed by atoms with E-state index in [0.717, 1.165) is 0 Å². The highest BCUT2D eigenvalue weighted by molar-refractivity contribution is 9.10. The summed E-state index contributed by atoms with van der Waals surface area (Å²) in [6.07, 6.45) is 1.47. The summed E-state index contributed by atoms with van der Waals surface area (Å²) in [4.78, 5) is 11.7. The Labute approximate surface area is 105 Å². The number of rotatable bonds is 2. The average molecular weight is 298 g/mol. The largest absolute Gasteiger partial charge is 0.349 e. The maximum atomic E-state index is 13.6. The molecule has 0 bridgehead atoms. The van der Waals surface area contributed by atoms with Gasteiger partial charge in [-0.3, -0.25) is 4.79 Å². The van der Waals surface area contributed by atoms with Gasteiger partial charge in [0.1, 0.15) is 11.5 Å². The first-order valence-electron chi connectivity index (χ1n) is 4.82. The van der Waals surface area contributed by atoms with Gasteiger partial charge in [-0.15, -0.1) is 0 Å². The van der Waals surface area contributed by atoms with Gasteiger partial charge in [0.15, 0.2) is 0 Å². The minimum absolute atomic E-state index is 0.247. The molecule has 0 saturated carbocycles. The molecule has 17 heavy (non-hydrogen) atoms. The fourth-order valence-corrected chi connectivity index (χ4v) is 1.67. The van der Waals surface area contributed by atoms with Crippen molar-refractivity contribution in [3.8, 4) is 0 Å². The third-order valence-corrected chi connectivity index (χ3v) is 2.70. The van der Waals surface area contributed by atoms with Crippen molar-refractivity contribution in [1.29, 1.82) is 0 Å². The van der Waals surface area contributed by atoms with E-state index >= 15 is 0 Å².